The maximum atomic E-state index is 5.80. The Labute approximate surface area is 152 Å². The van der Waals surface area contributed by atoms with Crippen LogP contribution in [0.2, 0.25) is 0 Å². The fraction of sp³-hybridized carbons (Fsp3) is 0.158. The summed E-state index contributed by atoms with van der Waals surface area (Å²) in [4.78, 5) is 0. The molecule has 25 heavy (non-hydrogen) atoms. The van der Waals surface area contributed by atoms with E-state index in [0.29, 0.717) is 11.7 Å². The lowest BCUT2D eigenvalue weighted by atomic mass is 10.2. The number of hydrogen-bond donors (Lipinski definition) is 2. The highest BCUT2D eigenvalue weighted by Crippen LogP contribution is 2.20. The molecule has 0 radical (unpaired) electrons. The molecule has 128 valence electrons. The highest BCUT2D eigenvalue weighted by atomic mass is 32.1. The highest BCUT2D eigenvalue weighted by molar-refractivity contribution is 7.80. The Morgan fingerprint density at radius 2 is 1.92 bits per heavy atom. The first-order valence-electron chi connectivity index (χ1n) is 8.04. The molecule has 0 amide bonds. The zero-order chi connectivity index (χ0) is 17.5. The fourth-order valence-corrected chi connectivity index (χ4v) is 2.61. The molecule has 0 aliphatic carbocycles. The molecule has 0 bridgehead atoms. The zero-order valence-corrected chi connectivity index (χ0v) is 14.8. The fourth-order valence-electron chi connectivity index (χ4n) is 2.56. The van der Waals surface area contributed by atoms with Gasteiger partial charge in [-0.25, -0.2) is 0 Å². The quantitative estimate of drug-likeness (QED) is 0.406. The number of nitrogens with zero attached hydrogens (tertiary/aromatic N) is 2. The van der Waals surface area contributed by atoms with Crippen molar-refractivity contribution >= 4 is 34.4 Å². The van der Waals surface area contributed by atoms with Gasteiger partial charge in [-0.15, -0.1) is 0 Å². The lowest BCUT2D eigenvalue weighted by Crippen LogP contribution is -2.28. The summed E-state index contributed by atoms with van der Waals surface area (Å²) < 4.78 is 7.98. The molecule has 0 aliphatic heterocycles. The summed E-state index contributed by atoms with van der Waals surface area (Å²) in [5.74, 6) is 0.880. The maximum Gasteiger partial charge on any atom is 0.186 e. The number of aromatic nitrogens is 1. The van der Waals surface area contributed by atoms with Crippen LogP contribution < -0.4 is 15.5 Å². The van der Waals surface area contributed by atoms with Crippen molar-refractivity contribution in [3.63, 3.8) is 0 Å². The summed E-state index contributed by atoms with van der Waals surface area (Å²) >= 11 is 5.02. The van der Waals surface area contributed by atoms with Gasteiger partial charge in [0.05, 0.1) is 12.8 Å². The zero-order valence-electron chi connectivity index (χ0n) is 14.0. The first kappa shape index (κ1) is 17.0. The first-order chi connectivity index (χ1) is 12.3. The topological polar surface area (TPSA) is 50.6 Å². The standard InChI is InChI=1S/C19H20N4OS/c1-20-19(25)22-21-13-15-14-23(18-10-6-5-9-17(15)18)11-12-24-16-7-3-2-4-8-16/h2-10,13-14H,11-12H2,1H3,(H2,20,22,25). The summed E-state index contributed by atoms with van der Waals surface area (Å²) in [6.45, 7) is 1.35. The van der Waals surface area contributed by atoms with E-state index in [9.17, 15) is 0 Å². The van der Waals surface area contributed by atoms with E-state index in [1.165, 1.54) is 0 Å². The van der Waals surface area contributed by atoms with E-state index in [1.54, 1.807) is 13.3 Å². The van der Waals surface area contributed by atoms with Crippen LogP contribution in [0.4, 0.5) is 0 Å². The highest BCUT2D eigenvalue weighted by Gasteiger charge is 2.06. The molecule has 0 saturated carbocycles. The Balaban J connectivity index is 1.73. The summed E-state index contributed by atoms with van der Waals surface area (Å²) in [6, 6.07) is 18.1. The summed E-state index contributed by atoms with van der Waals surface area (Å²) in [7, 11) is 1.75. The van der Waals surface area contributed by atoms with Gasteiger partial charge in [0.2, 0.25) is 0 Å². The van der Waals surface area contributed by atoms with Crippen molar-refractivity contribution in [1.82, 2.24) is 15.3 Å². The van der Waals surface area contributed by atoms with Crippen LogP contribution >= 0.6 is 12.2 Å². The van der Waals surface area contributed by atoms with Crippen LogP contribution in [0.15, 0.2) is 65.9 Å². The largest absolute Gasteiger partial charge is 0.492 e. The molecule has 0 unspecified atom stereocenters. The third kappa shape index (κ3) is 4.36. The molecule has 2 aromatic carbocycles. The predicted octanol–water partition coefficient (Wildman–Crippen LogP) is 3.15. The predicted molar refractivity (Wildman–Crippen MR) is 106 cm³/mol. The molecule has 0 atom stereocenters. The SMILES string of the molecule is CNC(=S)NN=Cc1cn(CCOc2ccccc2)c2ccccc12. The van der Waals surface area contributed by atoms with Gasteiger partial charge in [0.25, 0.3) is 0 Å². The van der Waals surface area contributed by atoms with Gasteiger partial charge in [0.15, 0.2) is 5.11 Å². The smallest absolute Gasteiger partial charge is 0.186 e. The molecule has 1 heterocycles. The Hall–Kier alpha value is -2.86. The van der Waals surface area contributed by atoms with E-state index in [0.717, 1.165) is 28.8 Å². The number of para-hydroxylation sites is 2. The van der Waals surface area contributed by atoms with E-state index < -0.39 is 0 Å². The molecule has 3 rings (SSSR count). The number of rotatable bonds is 6. The lowest BCUT2D eigenvalue weighted by molar-refractivity contribution is 0.300. The number of hydrazone groups is 1. The molecule has 1 aromatic heterocycles. The van der Waals surface area contributed by atoms with Gasteiger partial charge in [-0.2, -0.15) is 5.10 Å². The van der Waals surface area contributed by atoms with Crippen molar-refractivity contribution in [3.8, 4) is 5.75 Å². The van der Waals surface area contributed by atoms with Gasteiger partial charge in [-0.3, -0.25) is 5.43 Å². The summed E-state index contributed by atoms with van der Waals surface area (Å²) in [5, 5.41) is 8.63. The van der Waals surface area contributed by atoms with Gasteiger partial charge < -0.3 is 14.6 Å². The molecule has 0 saturated heterocycles. The number of benzene rings is 2. The van der Waals surface area contributed by atoms with Gasteiger partial charge in [0, 0.05) is 29.7 Å². The van der Waals surface area contributed by atoms with E-state index in [4.69, 9.17) is 17.0 Å². The molecule has 3 aromatic rings. The van der Waals surface area contributed by atoms with Crippen LogP contribution in [0.1, 0.15) is 5.56 Å². The molecule has 6 heteroatoms. The van der Waals surface area contributed by atoms with Gasteiger partial charge >= 0.3 is 0 Å². The molecular formula is C19H20N4OS. The van der Waals surface area contributed by atoms with Crippen LogP contribution in [0.3, 0.4) is 0 Å². The Kier molecular flexibility index (Phi) is 5.64. The first-order valence-corrected chi connectivity index (χ1v) is 8.45. The summed E-state index contributed by atoms with van der Waals surface area (Å²) in [5.41, 5.74) is 4.95. The van der Waals surface area contributed by atoms with Gasteiger partial charge in [0.1, 0.15) is 12.4 Å². The Morgan fingerprint density at radius 3 is 2.72 bits per heavy atom. The van der Waals surface area contributed by atoms with Crippen molar-refractivity contribution in [3.05, 3.63) is 66.4 Å². The third-order valence-corrected chi connectivity index (χ3v) is 4.06. The van der Waals surface area contributed by atoms with Crippen molar-refractivity contribution in [2.24, 2.45) is 5.10 Å². The van der Waals surface area contributed by atoms with Crippen LogP contribution in [0, 0.1) is 0 Å². The van der Waals surface area contributed by atoms with Crippen molar-refractivity contribution in [2.45, 2.75) is 6.54 Å². The second-order valence-corrected chi connectivity index (χ2v) is 5.81. The van der Waals surface area contributed by atoms with Crippen LogP contribution in [-0.2, 0) is 6.54 Å². The minimum Gasteiger partial charge on any atom is -0.492 e. The number of nitrogens with one attached hydrogen (secondary N) is 2. The molecule has 2 N–H and O–H groups in total. The minimum atomic E-state index is 0.483. The molecule has 0 fully saturated rings. The Bertz CT molecular complexity index is 874. The minimum absolute atomic E-state index is 0.483. The Morgan fingerprint density at radius 1 is 1.16 bits per heavy atom. The monoisotopic (exact) mass is 352 g/mol. The molecule has 0 aliphatic rings. The van der Waals surface area contributed by atoms with Crippen molar-refractivity contribution in [1.29, 1.82) is 0 Å². The number of thiocarbonyl (C=S) groups is 1. The molecule has 5 nitrogen and oxygen atoms in total. The van der Waals surface area contributed by atoms with Crippen molar-refractivity contribution in [2.75, 3.05) is 13.7 Å². The second kappa shape index (κ2) is 8.30. The van der Waals surface area contributed by atoms with Crippen LogP contribution in [0.25, 0.3) is 10.9 Å². The van der Waals surface area contributed by atoms with Gasteiger partial charge in [-0.1, -0.05) is 36.4 Å². The average Bonchev–Trinajstić information content (AvgIpc) is 3.01. The lowest BCUT2D eigenvalue weighted by Gasteiger charge is -2.08. The number of ether oxygens (including phenoxy) is 1. The third-order valence-electron chi connectivity index (χ3n) is 3.76. The molecule has 0 spiro atoms. The van der Waals surface area contributed by atoms with E-state index in [2.05, 4.69) is 38.7 Å². The number of hydrogen-bond acceptors (Lipinski definition) is 3. The van der Waals surface area contributed by atoms with E-state index in [-0.39, 0.29) is 0 Å². The summed E-state index contributed by atoms with van der Waals surface area (Å²) in [6.07, 6.45) is 3.85. The van der Waals surface area contributed by atoms with Crippen LogP contribution in [0.5, 0.6) is 5.75 Å². The maximum absolute atomic E-state index is 5.80. The molecular weight excluding hydrogens is 332 g/mol. The van der Waals surface area contributed by atoms with Crippen LogP contribution in [-0.4, -0.2) is 29.5 Å². The average molecular weight is 352 g/mol. The van der Waals surface area contributed by atoms with E-state index >= 15 is 0 Å². The van der Waals surface area contributed by atoms with Crippen molar-refractivity contribution < 1.29 is 4.74 Å². The second-order valence-electron chi connectivity index (χ2n) is 5.41. The van der Waals surface area contributed by atoms with Gasteiger partial charge in [-0.05, 0) is 30.4 Å². The normalized spacial score (nSPS) is 10.9. The van der Waals surface area contributed by atoms with E-state index in [1.807, 2.05) is 42.5 Å². The number of fused-ring (bicyclic) bond motifs is 1.